The van der Waals surface area contributed by atoms with E-state index in [-0.39, 0.29) is 35.1 Å². The van der Waals surface area contributed by atoms with Gasteiger partial charge in [-0.15, -0.1) is 0 Å². The monoisotopic (exact) mass is 308 g/mol. The summed E-state index contributed by atoms with van der Waals surface area (Å²) < 4.78 is 0. The van der Waals surface area contributed by atoms with Crippen LogP contribution in [0.1, 0.15) is 65.2 Å². The number of aliphatic hydroxyl groups excluding tert-OH is 3. The minimum Gasteiger partial charge on any atom is -0.393 e. The highest BCUT2D eigenvalue weighted by Gasteiger charge is 2.61. The fourth-order valence-corrected chi connectivity index (χ4v) is 7.25. The van der Waals surface area contributed by atoms with Crippen LogP contribution in [0.3, 0.4) is 0 Å². The van der Waals surface area contributed by atoms with Gasteiger partial charge in [0.25, 0.3) is 0 Å². The first-order valence-electron chi connectivity index (χ1n) is 9.40. The quantitative estimate of drug-likeness (QED) is 0.645. The summed E-state index contributed by atoms with van der Waals surface area (Å²) in [6, 6.07) is 0. The third-order valence-corrected chi connectivity index (χ3v) is 8.60. The highest BCUT2D eigenvalue weighted by Crippen LogP contribution is 2.66. The standard InChI is InChI=1S/C19H32O3/c1-18-7-5-11(20)9-15(18)16(21)10-12-13-3-4-17(22)19(13,2)8-6-14(12)18/h11-17,20-22H,3-10H2,1-2H3/t11-,12?,13?,14?,15+,16+,17-,18+,19-/m0/s1. The van der Waals surface area contributed by atoms with Crippen molar-refractivity contribution in [2.75, 3.05) is 0 Å². The van der Waals surface area contributed by atoms with Gasteiger partial charge < -0.3 is 15.3 Å². The van der Waals surface area contributed by atoms with Gasteiger partial charge in [0.1, 0.15) is 0 Å². The number of rotatable bonds is 0. The maximum absolute atomic E-state index is 10.8. The lowest BCUT2D eigenvalue weighted by molar-refractivity contribution is -0.174. The van der Waals surface area contributed by atoms with E-state index in [2.05, 4.69) is 13.8 Å². The third kappa shape index (κ3) is 1.91. The Labute approximate surface area is 134 Å². The molecule has 0 spiro atoms. The van der Waals surface area contributed by atoms with Crippen LogP contribution in [-0.2, 0) is 0 Å². The Bertz CT molecular complexity index is 452. The molecule has 126 valence electrons. The van der Waals surface area contributed by atoms with E-state index in [0.29, 0.717) is 17.8 Å². The molecule has 3 unspecified atom stereocenters. The van der Waals surface area contributed by atoms with Crippen LogP contribution in [0.4, 0.5) is 0 Å². The normalized spacial score (nSPS) is 61.2. The number of fused-ring (bicyclic) bond motifs is 5. The van der Waals surface area contributed by atoms with Crippen LogP contribution in [0.2, 0.25) is 0 Å². The molecule has 9 atom stereocenters. The topological polar surface area (TPSA) is 60.7 Å². The van der Waals surface area contributed by atoms with Gasteiger partial charge in [0.2, 0.25) is 0 Å². The van der Waals surface area contributed by atoms with Crippen LogP contribution in [0.5, 0.6) is 0 Å². The van der Waals surface area contributed by atoms with E-state index < -0.39 is 0 Å². The molecule has 4 rings (SSSR count). The number of hydrogen-bond donors (Lipinski definition) is 3. The molecule has 0 aliphatic heterocycles. The average molecular weight is 308 g/mol. The van der Waals surface area contributed by atoms with Crippen molar-refractivity contribution in [3.05, 3.63) is 0 Å². The minimum absolute atomic E-state index is 0.0816. The molecule has 0 amide bonds. The number of aliphatic hydroxyl groups is 3. The molecule has 3 heteroatoms. The lowest BCUT2D eigenvalue weighted by Crippen LogP contribution is -2.58. The Kier molecular flexibility index (Phi) is 3.46. The molecule has 0 aromatic heterocycles. The van der Waals surface area contributed by atoms with Crippen LogP contribution in [0, 0.1) is 34.5 Å². The molecular formula is C19H32O3. The zero-order chi connectivity index (χ0) is 15.7. The van der Waals surface area contributed by atoms with Gasteiger partial charge in [-0.1, -0.05) is 13.8 Å². The van der Waals surface area contributed by atoms with Crippen LogP contribution >= 0.6 is 0 Å². The molecule has 3 N–H and O–H groups in total. The summed E-state index contributed by atoms with van der Waals surface area (Å²) in [5.74, 6) is 2.10. The molecule has 0 heterocycles. The predicted molar refractivity (Wildman–Crippen MR) is 85.1 cm³/mol. The van der Waals surface area contributed by atoms with E-state index in [9.17, 15) is 15.3 Å². The molecule has 22 heavy (non-hydrogen) atoms. The molecule has 4 aliphatic rings. The maximum atomic E-state index is 10.8. The Morgan fingerprint density at radius 2 is 1.41 bits per heavy atom. The summed E-state index contributed by atoms with van der Waals surface area (Å²) in [4.78, 5) is 0. The van der Waals surface area contributed by atoms with Crippen molar-refractivity contribution in [1.82, 2.24) is 0 Å². The molecule has 0 saturated heterocycles. The highest BCUT2D eigenvalue weighted by atomic mass is 16.3. The Hall–Kier alpha value is -0.120. The van der Waals surface area contributed by atoms with Crippen molar-refractivity contribution in [3.8, 4) is 0 Å². The van der Waals surface area contributed by atoms with E-state index in [4.69, 9.17) is 0 Å². The second kappa shape index (κ2) is 4.94. The lowest BCUT2D eigenvalue weighted by Gasteiger charge is -2.61. The molecule has 4 saturated carbocycles. The molecular weight excluding hydrogens is 276 g/mol. The Balaban J connectivity index is 1.66. The molecule has 0 bridgehead atoms. The second-order valence-electron chi connectivity index (χ2n) is 9.36. The number of hydrogen-bond acceptors (Lipinski definition) is 3. The van der Waals surface area contributed by atoms with E-state index >= 15 is 0 Å². The summed E-state index contributed by atoms with van der Waals surface area (Å²) in [5.41, 5.74) is 0.273. The summed E-state index contributed by atoms with van der Waals surface area (Å²) >= 11 is 0. The molecule has 3 nitrogen and oxygen atoms in total. The summed E-state index contributed by atoms with van der Waals surface area (Å²) in [7, 11) is 0. The smallest absolute Gasteiger partial charge is 0.0596 e. The SMILES string of the molecule is C[C@]12CCC3C(C[C@@H](O)[C@H]4C[C@@H](O)CC[C@]34C)C1CC[C@@H]2O. The van der Waals surface area contributed by atoms with Crippen LogP contribution in [-0.4, -0.2) is 33.6 Å². The van der Waals surface area contributed by atoms with Crippen LogP contribution in [0.15, 0.2) is 0 Å². The van der Waals surface area contributed by atoms with Gasteiger partial charge in [0, 0.05) is 0 Å². The third-order valence-electron chi connectivity index (χ3n) is 8.60. The first-order valence-corrected chi connectivity index (χ1v) is 9.40. The zero-order valence-corrected chi connectivity index (χ0v) is 14.0. The van der Waals surface area contributed by atoms with Crippen LogP contribution in [0.25, 0.3) is 0 Å². The van der Waals surface area contributed by atoms with E-state index in [1.807, 2.05) is 0 Å². The van der Waals surface area contributed by atoms with Crippen molar-refractivity contribution in [2.24, 2.45) is 34.5 Å². The van der Waals surface area contributed by atoms with Crippen molar-refractivity contribution in [1.29, 1.82) is 0 Å². The Morgan fingerprint density at radius 1 is 0.727 bits per heavy atom. The fraction of sp³-hybridized carbons (Fsp3) is 1.00. The largest absolute Gasteiger partial charge is 0.393 e. The van der Waals surface area contributed by atoms with E-state index in [0.717, 1.165) is 44.9 Å². The first-order chi connectivity index (χ1) is 10.4. The predicted octanol–water partition coefficient (Wildman–Crippen LogP) is 2.72. The molecule has 0 aromatic rings. The van der Waals surface area contributed by atoms with Gasteiger partial charge in [-0.05, 0) is 85.9 Å². The van der Waals surface area contributed by atoms with Crippen molar-refractivity contribution >= 4 is 0 Å². The zero-order valence-electron chi connectivity index (χ0n) is 14.0. The van der Waals surface area contributed by atoms with Gasteiger partial charge in [0.15, 0.2) is 0 Å². The summed E-state index contributed by atoms with van der Waals surface area (Å²) in [6.45, 7) is 4.68. The molecule has 4 aliphatic carbocycles. The van der Waals surface area contributed by atoms with Gasteiger partial charge in [-0.3, -0.25) is 0 Å². The maximum Gasteiger partial charge on any atom is 0.0596 e. The van der Waals surface area contributed by atoms with Crippen molar-refractivity contribution < 1.29 is 15.3 Å². The van der Waals surface area contributed by atoms with Gasteiger partial charge in [0.05, 0.1) is 18.3 Å². The average Bonchev–Trinajstić information content (AvgIpc) is 2.77. The van der Waals surface area contributed by atoms with Gasteiger partial charge >= 0.3 is 0 Å². The van der Waals surface area contributed by atoms with Crippen LogP contribution < -0.4 is 0 Å². The summed E-state index contributed by atoms with van der Waals surface area (Å²) in [5, 5.41) is 31.4. The Morgan fingerprint density at radius 3 is 2.18 bits per heavy atom. The molecule has 0 radical (unpaired) electrons. The minimum atomic E-state index is -0.263. The second-order valence-corrected chi connectivity index (χ2v) is 9.36. The first kappa shape index (κ1) is 15.4. The van der Waals surface area contributed by atoms with Gasteiger partial charge in [-0.2, -0.15) is 0 Å². The molecule has 4 fully saturated rings. The molecule has 0 aromatic carbocycles. The lowest BCUT2D eigenvalue weighted by atomic mass is 9.44. The fourth-order valence-electron chi connectivity index (χ4n) is 7.25. The van der Waals surface area contributed by atoms with E-state index in [1.54, 1.807) is 0 Å². The van der Waals surface area contributed by atoms with Crippen molar-refractivity contribution in [3.63, 3.8) is 0 Å². The van der Waals surface area contributed by atoms with Crippen molar-refractivity contribution in [2.45, 2.75) is 83.5 Å². The summed E-state index contributed by atoms with van der Waals surface area (Å²) in [6.07, 6.45) is 7.42. The van der Waals surface area contributed by atoms with Gasteiger partial charge in [-0.25, -0.2) is 0 Å². The van der Waals surface area contributed by atoms with E-state index in [1.165, 1.54) is 6.42 Å². The highest BCUT2D eigenvalue weighted by molar-refractivity contribution is 5.11.